The van der Waals surface area contributed by atoms with Crippen LogP contribution in [-0.4, -0.2) is 60.1 Å². The van der Waals surface area contributed by atoms with E-state index in [-0.39, 0.29) is 36.6 Å². The highest BCUT2D eigenvalue weighted by Gasteiger charge is 2.30. The number of piperidine rings is 1. The van der Waals surface area contributed by atoms with Gasteiger partial charge in [-0.25, -0.2) is 17.1 Å². The molecular formula is C16H24ClFN2O4S. The number of aliphatic carboxylic acids is 1. The molecule has 25 heavy (non-hydrogen) atoms. The van der Waals surface area contributed by atoms with Gasteiger partial charge in [0.05, 0.1) is 12.3 Å². The molecule has 1 fully saturated rings. The van der Waals surface area contributed by atoms with Crippen LogP contribution in [0.15, 0.2) is 24.3 Å². The Morgan fingerprint density at radius 3 is 2.32 bits per heavy atom. The Hall–Kier alpha value is -1.22. The van der Waals surface area contributed by atoms with Crippen LogP contribution in [0.1, 0.15) is 25.3 Å². The van der Waals surface area contributed by atoms with Gasteiger partial charge in [0.25, 0.3) is 0 Å². The van der Waals surface area contributed by atoms with Crippen molar-refractivity contribution in [2.45, 2.75) is 32.4 Å². The van der Waals surface area contributed by atoms with E-state index in [9.17, 15) is 17.6 Å². The van der Waals surface area contributed by atoms with E-state index < -0.39 is 16.0 Å². The summed E-state index contributed by atoms with van der Waals surface area (Å²) in [4.78, 5) is 13.0. The maximum Gasteiger partial charge on any atom is 0.317 e. The molecule has 0 aromatic heterocycles. The van der Waals surface area contributed by atoms with E-state index in [4.69, 9.17) is 5.11 Å². The van der Waals surface area contributed by atoms with Crippen molar-refractivity contribution >= 4 is 28.4 Å². The molecule has 0 bridgehead atoms. The average Bonchev–Trinajstić information content (AvgIpc) is 2.56. The summed E-state index contributed by atoms with van der Waals surface area (Å²) in [6.45, 7) is 2.70. The fourth-order valence-electron chi connectivity index (χ4n) is 2.98. The molecule has 1 aliphatic heterocycles. The third-order valence-corrected chi connectivity index (χ3v) is 6.22. The highest BCUT2D eigenvalue weighted by molar-refractivity contribution is 7.89. The molecule has 0 unspecified atom stereocenters. The Labute approximate surface area is 154 Å². The molecule has 9 heteroatoms. The van der Waals surface area contributed by atoms with Crippen LogP contribution in [0.3, 0.4) is 0 Å². The Balaban J connectivity index is 0.00000312. The van der Waals surface area contributed by atoms with Crippen LogP contribution < -0.4 is 0 Å². The van der Waals surface area contributed by atoms with Gasteiger partial charge in [-0.05, 0) is 37.5 Å². The standard InChI is InChI=1S/C16H23FN2O4S.ClH/c1-2-24(22,23)19-9-7-15(8-10-19)18(12-16(20)21)11-13-3-5-14(17)6-4-13;/h3-6,15H,2,7-12H2,1H3,(H,20,21);1H. The van der Waals surface area contributed by atoms with E-state index in [2.05, 4.69) is 0 Å². The highest BCUT2D eigenvalue weighted by Crippen LogP contribution is 2.21. The topological polar surface area (TPSA) is 77.9 Å². The fraction of sp³-hybridized carbons (Fsp3) is 0.562. The van der Waals surface area contributed by atoms with Gasteiger partial charge in [-0.2, -0.15) is 0 Å². The summed E-state index contributed by atoms with van der Waals surface area (Å²) >= 11 is 0. The number of benzene rings is 1. The molecular weight excluding hydrogens is 371 g/mol. The van der Waals surface area contributed by atoms with Crippen LogP contribution in [-0.2, 0) is 21.4 Å². The summed E-state index contributed by atoms with van der Waals surface area (Å²) in [5.41, 5.74) is 0.834. The van der Waals surface area contributed by atoms with Crippen molar-refractivity contribution in [2.24, 2.45) is 0 Å². The number of halogens is 2. The van der Waals surface area contributed by atoms with E-state index >= 15 is 0 Å². The van der Waals surface area contributed by atoms with Gasteiger partial charge in [0.15, 0.2) is 0 Å². The van der Waals surface area contributed by atoms with Crippen LogP contribution in [0.2, 0.25) is 0 Å². The second-order valence-electron chi connectivity index (χ2n) is 5.96. The third-order valence-electron chi connectivity index (χ3n) is 4.34. The first kappa shape index (κ1) is 21.8. The third kappa shape index (κ3) is 6.22. The van der Waals surface area contributed by atoms with E-state index in [0.29, 0.717) is 32.5 Å². The smallest absolute Gasteiger partial charge is 0.317 e. The number of carbonyl (C=O) groups is 1. The minimum Gasteiger partial charge on any atom is -0.480 e. The van der Waals surface area contributed by atoms with Crippen LogP contribution in [0.4, 0.5) is 4.39 Å². The van der Waals surface area contributed by atoms with Gasteiger partial charge in [-0.3, -0.25) is 9.69 Å². The second kappa shape index (κ2) is 9.47. The Kier molecular flexibility index (Phi) is 8.27. The first-order valence-corrected chi connectivity index (χ1v) is 9.61. The second-order valence-corrected chi connectivity index (χ2v) is 8.21. The van der Waals surface area contributed by atoms with Gasteiger partial charge in [0.1, 0.15) is 5.82 Å². The van der Waals surface area contributed by atoms with E-state index in [1.807, 2.05) is 4.90 Å². The first-order valence-electron chi connectivity index (χ1n) is 8.00. The molecule has 1 N–H and O–H groups in total. The molecule has 0 saturated carbocycles. The number of hydrogen-bond acceptors (Lipinski definition) is 4. The SMILES string of the molecule is CCS(=O)(=O)N1CCC(N(CC(=O)O)Cc2ccc(F)cc2)CC1.Cl. The predicted molar refractivity (Wildman–Crippen MR) is 95.7 cm³/mol. The molecule has 0 atom stereocenters. The number of sulfonamides is 1. The average molecular weight is 395 g/mol. The summed E-state index contributed by atoms with van der Waals surface area (Å²) in [5, 5.41) is 9.15. The monoisotopic (exact) mass is 394 g/mol. The van der Waals surface area contributed by atoms with E-state index in [1.54, 1.807) is 19.1 Å². The molecule has 142 valence electrons. The first-order chi connectivity index (χ1) is 11.3. The maximum atomic E-state index is 13.0. The summed E-state index contributed by atoms with van der Waals surface area (Å²) in [6.07, 6.45) is 1.18. The zero-order valence-corrected chi connectivity index (χ0v) is 15.7. The van der Waals surface area contributed by atoms with Crippen molar-refractivity contribution < 1.29 is 22.7 Å². The molecule has 1 heterocycles. The molecule has 1 aromatic rings. The van der Waals surface area contributed by atoms with Crippen molar-refractivity contribution in [1.82, 2.24) is 9.21 Å². The Bertz CT molecular complexity index is 661. The van der Waals surface area contributed by atoms with Gasteiger partial charge >= 0.3 is 5.97 Å². The predicted octanol–water partition coefficient (Wildman–Crippen LogP) is 1.95. The van der Waals surface area contributed by atoms with Crippen LogP contribution in [0, 0.1) is 5.82 Å². The molecule has 0 amide bonds. The summed E-state index contributed by atoms with van der Waals surface area (Å²) in [7, 11) is -3.20. The largest absolute Gasteiger partial charge is 0.480 e. The van der Waals surface area contributed by atoms with Gasteiger partial charge < -0.3 is 5.11 Å². The summed E-state index contributed by atoms with van der Waals surface area (Å²) in [6, 6.07) is 5.98. The molecule has 0 aliphatic carbocycles. The summed E-state index contributed by atoms with van der Waals surface area (Å²) in [5.74, 6) is -1.19. The zero-order valence-electron chi connectivity index (χ0n) is 14.1. The van der Waals surface area contributed by atoms with Crippen molar-refractivity contribution in [2.75, 3.05) is 25.4 Å². The molecule has 6 nitrogen and oxygen atoms in total. The lowest BCUT2D eigenvalue weighted by Gasteiger charge is -2.37. The minimum atomic E-state index is -3.20. The van der Waals surface area contributed by atoms with Gasteiger partial charge in [-0.15, -0.1) is 12.4 Å². The van der Waals surface area contributed by atoms with Crippen LogP contribution in [0.25, 0.3) is 0 Å². The van der Waals surface area contributed by atoms with Crippen molar-refractivity contribution in [3.8, 4) is 0 Å². The number of carboxylic acids is 1. The number of carboxylic acid groups (broad SMARTS) is 1. The van der Waals surface area contributed by atoms with E-state index in [1.165, 1.54) is 16.4 Å². The lowest BCUT2D eigenvalue weighted by Crippen LogP contribution is -2.48. The van der Waals surface area contributed by atoms with Gasteiger partial charge in [-0.1, -0.05) is 12.1 Å². The molecule has 0 radical (unpaired) electrons. The van der Waals surface area contributed by atoms with Gasteiger partial charge in [0.2, 0.25) is 10.0 Å². The van der Waals surface area contributed by atoms with E-state index in [0.717, 1.165) is 5.56 Å². The normalized spacial score (nSPS) is 16.6. The van der Waals surface area contributed by atoms with Crippen molar-refractivity contribution in [3.63, 3.8) is 0 Å². The molecule has 1 saturated heterocycles. The lowest BCUT2D eigenvalue weighted by molar-refractivity contribution is -0.139. The zero-order chi connectivity index (χ0) is 17.7. The quantitative estimate of drug-likeness (QED) is 0.764. The number of nitrogens with zero attached hydrogens (tertiary/aromatic N) is 2. The van der Waals surface area contributed by atoms with Crippen LogP contribution >= 0.6 is 12.4 Å². The van der Waals surface area contributed by atoms with Gasteiger partial charge in [0, 0.05) is 25.7 Å². The van der Waals surface area contributed by atoms with Crippen molar-refractivity contribution in [1.29, 1.82) is 0 Å². The fourth-order valence-corrected chi connectivity index (χ4v) is 4.11. The lowest BCUT2D eigenvalue weighted by atomic mass is 10.0. The van der Waals surface area contributed by atoms with Crippen molar-refractivity contribution in [3.05, 3.63) is 35.6 Å². The number of rotatable bonds is 7. The molecule has 0 spiro atoms. The highest BCUT2D eigenvalue weighted by atomic mass is 35.5. The maximum absolute atomic E-state index is 13.0. The summed E-state index contributed by atoms with van der Waals surface area (Å²) < 4.78 is 38.3. The minimum absolute atomic E-state index is 0. The number of hydrogen-bond donors (Lipinski definition) is 1. The van der Waals surface area contributed by atoms with Crippen LogP contribution in [0.5, 0.6) is 0 Å². The Morgan fingerprint density at radius 1 is 1.28 bits per heavy atom. The molecule has 1 aliphatic rings. The molecule has 2 rings (SSSR count). The molecule has 1 aromatic carbocycles. The Morgan fingerprint density at radius 2 is 1.84 bits per heavy atom.